The Hall–Kier alpha value is -1.46. The van der Waals surface area contributed by atoms with Gasteiger partial charge < -0.3 is 0 Å². The van der Waals surface area contributed by atoms with Crippen LogP contribution in [0.3, 0.4) is 0 Å². The lowest BCUT2D eigenvalue weighted by atomic mass is 8.96. The van der Waals surface area contributed by atoms with Gasteiger partial charge in [-0.3, -0.25) is 14.9 Å². The molecule has 1 aliphatic heterocycles. The molecule has 1 aromatic rings. The van der Waals surface area contributed by atoms with Gasteiger partial charge in [0.2, 0.25) is 0 Å². The van der Waals surface area contributed by atoms with Crippen molar-refractivity contribution in [1.29, 1.82) is 0 Å². The number of carbonyl (C=O) groups excluding carboxylic acids is 1. The van der Waals surface area contributed by atoms with Crippen molar-refractivity contribution in [1.82, 2.24) is 10.4 Å². The van der Waals surface area contributed by atoms with E-state index in [1.165, 1.54) is 12.6 Å². The van der Waals surface area contributed by atoms with Crippen LogP contribution in [0.5, 0.6) is 0 Å². The zero-order chi connectivity index (χ0) is 17.5. The van der Waals surface area contributed by atoms with Crippen LogP contribution in [0.15, 0.2) is 12.1 Å². The molecule has 6 saturated carbocycles. The molecule has 5 heteroatoms. The largest absolute Gasteiger partial charge is 0.295 e. The summed E-state index contributed by atoms with van der Waals surface area (Å²) >= 11 is 0. The topological polar surface area (TPSA) is 52.6 Å². The smallest absolute Gasteiger partial charge is 0.274 e. The van der Waals surface area contributed by atoms with E-state index < -0.39 is 5.91 Å². The summed E-state index contributed by atoms with van der Waals surface area (Å²) in [6, 6.07) is 3.42. The van der Waals surface area contributed by atoms with Crippen molar-refractivity contribution in [3.63, 3.8) is 0 Å². The Morgan fingerprint density at radius 1 is 1.27 bits per heavy atom. The number of nitrogens with zero attached hydrogens (tertiary/aromatic N) is 1. The van der Waals surface area contributed by atoms with Crippen LogP contribution in [0.1, 0.15) is 34.8 Å². The maximum Gasteiger partial charge on any atom is 0.274 e. The molecule has 6 aliphatic carbocycles. The molecule has 6 fully saturated rings. The number of halogens is 1. The van der Waals surface area contributed by atoms with Gasteiger partial charge in [0.05, 0.1) is 0 Å². The number of nitrogens with one attached hydrogen (secondary N) is 1. The molecule has 1 heterocycles. The quantitative estimate of drug-likeness (QED) is 0.645. The average molecular weight is 354 g/mol. The maximum absolute atomic E-state index is 14.6. The zero-order valence-electron chi connectivity index (χ0n) is 14.8. The molecule has 136 valence electrons. The first-order chi connectivity index (χ1) is 12.6. The molecule has 0 unspecified atom stereocenters. The Labute approximate surface area is 151 Å². The highest BCUT2D eigenvalue weighted by atomic mass is 19.1. The molecule has 4 nitrogen and oxygen atoms in total. The fourth-order valence-electron chi connectivity index (χ4n) is 8.90. The number of hydrogen-bond acceptors (Lipinski definition) is 3. The summed E-state index contributed by atoms with van der Waals surface area (Å²) in [7, 11) is 0. The third kappa shape index (κ3) is 1.20. The molecule has 1 aromatic carbocycles. The van der Waals surface area contributed by atoms with Gasteiger partial charge in [0.25, 0.3) is 5.91 Å². The normalized spacial score (nSPS) is 50.3. The van der Waals surface area contributed by atoms with Gasteiger partial charge >= 0.3 is 0 Å². The summed E-state index contributed by atoms with van der Waals surface area (Å²) in [6.45, 7) is 4.11. The number of rotatable bonds is 4. The van der Waals surface area contributed by atoms with E-state index in [-0.39, 0.29) is 11.4 Å². The van der Waals surface area contributed by atoms with Gasteiger partial charge in [0.1, 0.15) is 5.82 Å². The number of hydroxylamine groups is 1. The number of fused-ring (bicyclic) bond motifs is 1. The predicted octanol–water partition coefficient (Wildman–Crippen LogP) is 2.45. The van der Waals surface area contributed by atoms with Crippen molar-refractivity contribution in [2.45, 2.75) is 32.4 Å². The van der Waals surface area contributed by atoms with Gasteiger partial charge in [-0.2, -0.15) is 0 Å². The number of hydrogen-bond donors (Lipinski definition) is 2. The van der Waals surface area contributed by atoms with Gasteiger partial charge in [0.15, 0.2) is 0 Å². The van der Waals surface area contributed by atoms with Crippen LogP contribution in [0.4, 0.5) is 4.39 Å². The van der Waals surface area contributed by atoms with E-state index >= 15 is 0 Å². The predicted molar refractivity (Wildman–Crippen MR) is 90.7 cm³/mol. The van der Waals surface area contributed by atoms with Crippen LogP contribution in [0.2, 0.25) is 0 Å². The number of carbonyl (C=O) groups is 1. The number of benzene rings is 1. The van der Waals surface area contributed by atoms with E-state index in [4.69, 9.17) is 5.21 Å². The molecule has 7 aliphatic rings. The minimum Gasteiger partial charge on any atom is -0.295 e. The molecule has 0 radical (unpaired) electrons. The van der Waals surface area contributed by atoms with Crippen LogP contribution < -0.4 is 5.48 Å². The Morgan fingerprint density at radius 2 is 1.96 bits per heavy atom. The van der Waals surface area contributed by atoms with Gasteiger partial charge in [-0.25, -0.2) is 9.87 Å². The third-order valence-corrected chi connectivity index (χ3v) is 9.61. The molecule has 26 heavy (non-hydrogen) atoms. The Morgan fingerprint density at radius 3 is 2.58 bits per heavy atom. The van der Waals surface area contributed by atoms with Crippen molar-refractivity contribution in [3.8, 4) is 0 Å². The zero-order valence-corrected chi connectivity index (χ0v) is 14.8. The minimum absolute atomic E-state index is 0.204. The maximum atomic E-state index is 14.6. The molecule has 1 atom stereocenters. The monoisotopic (exact) mass is 354 g/mol. The van der Waals surface area contributed by atoms with E-state index in [1.54, 1.807) is 11.5 Å². The van der Waals surface area contributed by atoms with Gasteiger partial charge in [0, 0.05) is 24.7 Å². The van der Waals surface area contributed by atoms with Gasteiger partial charge in [-0.15, -0.1) is 0 Å². The molecule has 2 N–H and O–H groups in total. The average Bonchev–Trinajstić information content (AvgIpc) is 2.67. The molecular weight excluding hydrogens is 331 g/mol. The van der Waals surface area contributed by atoms with E-state index in [1.807, 2.05) is 0 Å². The highest BCUT2D eigenvalue weighted by Gasteiger charge is 3.03. The van der Waals surface area contributed by atoms with Crippen molar-refractivity contribution in [2.75, 3.05) is 6.54 Å². The van der Waals surface area contributed by atoms with E-state index in [0.717, 1.165) is 71.9 Å². The van der Waals surface area contributed by atoms with Gasteiger partial charge in [-0.05, 0) is 82.9 Å². The van der Waals surface area contributed by atoms with Gasteiger partial charge in [-0.1, -0.05) is 6.92 Å². The summed E-state index contributed by atoms with van der Waals surface area (Å²) in [5.74, 6) is 6.51. The fraction of sp³-hybridized carbons (Fsp3) is 0.667. The molecule has 0 spiro atoms. The van der Waals surface area contributed by atoms with E-state index in [2.05, 4.69) is 11.8 Å². The van der Waals surface area contributed by atoms with Crippen LogP contribution >= 0.6 is 0 Å². The Bertz CT molecular complexity index is 832. The summed E-state index contributed by atoms with van der Waals surface area (Å²) in [5, 5.41) is 8.88. The molecular formula is C21H23FN2O2. The van der Waals surface area contributed by atoms with Crippen LogP contribution in [0.25, 0.3) is 0 Å². The summed E-state index contributed by atoms with van der Waals surface area (Å²) in [5.41, 5.74) is 4.13. The molecule has 8 rings (SSSR count). The van der Waals surface area contributed by atoms with E-state index in [9.17, 15) is 9.18 Å². The first-order valence-electron chi connectivity index (χ1n) is 10.1. The second-order valence-corrected chi connectivity index (χ2v) is 9.71. The minimum atomic E-state index is -0.642. The SMILES string of the molecule is CC[C@@H]1Cc2c(F)cc(C(=O)NO)cc2CN1CC12C3C4C5C3C1C5C42. The lowest BCUT2D eigenvalue weighted by molar-refractivity contribution is -0.615. The molecule has 0 aromatic heterocycles. The summed E-state index contributed by atoms with van der Waals surface area (Å²) in [6.07, 6.45) is 1.76. The highest BCUT2D eigenvalue weighted by Crippen LogP contribution is 3.05. The highest BCUT2D eigenvalue weighted by molar-refractivity contribution is 5.93. The van der Waals surface area contributed by atoms with Crippen molar-refractivity contribution in [3.05, 3.63) is 34.6 Å². The van der Waals surface area contributed by atoms with Crippen LogP contribution in [-0.2, 0) is 13.0 Å². The second-order valence-electron chi connectivity index (χ2n) is 9.71. The van der Waals surface area contributed by atoms with Crippen molar-refractivity contribution in [2.24, 2.45) is 46.8 Å². The third-order valence-electron chi connectivity index (χ3n) is 9.61. The molecule has 0 saturated heterocycles. The Balaban J connectivity index is 1.20. The molecule has 0 bridgehead atoms. The lowest BCUT2D eigenvalue weighted by Gasteiger charge is -3.08. The molecule has 1 amide bonds. The standard InChI is InChI=1S/C21H23FN2O2/c1-2-10-5-11-9(3-8(4-12(11)22)20(25)23-26)6-24(10)7-21-17-14-13-15(17)19(21)16(13)18(14)21/h3-4,10,13-19,26H,2,5-7H2,1H3,(H,23,25)/t10-,13?,14?,15?,16?,17?,18?,19?,21?/m1/s1. The summed E-state index contributed by atoms with van der Waals surface area (Å²) in [4.78, 5) is 14.3. The Kier molecular flexibility index (Phi) is 2.34. The number of amides is 1. The van der Waals surface area contributed by atoms with Crippen molar-refractivity contribution < 1.29 is 14.4 Å². The van der Waals surface area contributed by atoms with Crippen LogP contribution in [-0.4, -0.2) is 28.6 Å². The second kappa shape index (κ2) is 4.17. The first-order valence-corrected chi connectivity index (χ1v) is 10.1. The van der Waals surface area contributed by atoms with Crippen LogP contribution in [0, 0.1) is 52.7 Å². The summed E-state index contributed by atoms with van der Waals surface area (Å²) < 4.78 is 14.6. The van der Waals surface area contributed by atoms with E-state index in [0.29, 0.717) is 11.5 Å². The fourth-order valence-corrected chi connectivity index (χ4v) is 8.90. The first kappa shape index (κ1) is 14.6. The lowest BCUT2D eigenvalue weighted by Crippen LogP contribution is -3.06. The van der Waals surface area contributed by atoms with Crippen molar-refractivity contribution >= 4 is 5.91 Å².